The Morgan fingerprint density at radius 3 is 1.94 bits per heavy atom. The van der Waals surface area contributed by atoms with Gasteiger partial charge >= 0.3 is 0 Å². The van der Waals surface area contributed by atoms with E-state index in [0.717, 1.165) is 82.8 Å². The minimum atomic E-state index is 0.581. The number of hydrogen-bond acceptors (Lipinski definition) is 3. The first-order valence-electron chi connectivity index (χ1n) is 15.8. The quantitative estimate of drug-likeness (QED) is 0.199. The van der Waals surface area contributed by atoms with E-state index in [1.54, 1.807) is 0 Å². The summed E-state index contributed by atoms with van der Waals surface area (Å²) in [6.45, 7) is 0. The van der Waals surface area contributed by atoms with Crippen LogP contribution in [0.4, 0.5) is 0 Å². The van der Waals surface area contributed by atoms with Crippen LogP contribution in [0, 0.1) is 22.7 Å². The summed E-state index contributed by atoms with van der Waals surface area (Å²) in [6.07, 6.45) is 0. The zero-order chi connectivity index (χ0) is 32.2. The van der Waals surface area contributed by atoms with Crippen LogP contribution in [0.15, 0.2) is 156 Å². The van der Waals surface area contributed by atoms with Crippen LogP contribution in [0.25, 0.3) is 82.8 Å². The van der Waals surface area contributed by atoms with E-state index >= 15 is 0 Å². The zero-order valence-corrected chi connectivity index (χ0v) is 25.7. The van der Waals surface area contributed by atoms with Crippen molar-refractivity contribution in [3.63, 3.8) is 0 Å². The second-order valence-corrected chi connectivity index (χ2v) is 12.0. The molecule has 0 bridgehead atoms. The van der Waals surface area contributed by atoms with Gasteiger partial charge in [-0.15, -0.1) is 0 Å². The van der Waals surface area contributed by atoms with Gasteiger partial charge in [-0.05, 0) is 112 Å². The summed E-state index contributed by atoms with van der Waals surface area (Å²) in [5.41, 5.74) is 12.3. The molecule has 0 fully saturated rings. The molecule has 48 heavy (non-hydrogen) atoms. The van der Waals surface area contributed by atoms with Crippen molar-refractivity contribution in [1.82, 2.24) is 4.57 Å². The Balaban J connectivity index is 1.31. The minimum Gasteiger partial charge on any atom is -0.456 e. The van der Waals surface area contributed by atoms with E-state index in [-0.39, 0.29) is 0 Å². The highest BCUT2D eigenvalue weighted by Crippen LogP contribution is 2.42. The van der Waals surface area contributed by atoms with Gasteiger partial charge in [0, 0.05) is 27.2 Å². The Kier molecular flexibility index (Phi) is 6.22. The Bertz CT molecular complexity index is 2790. The average Bonchev–Trinajstić information content (AvgIpc) is 3.70. The summed E-state index contributed by atoms with van der Waals surface area (Å²) in [6, 6.07) is 56.2. The maximum Gasteiger partial charge on any atom is 0.135 e. The van der Waals surface area contributed by atoms with Gasteiger partial charge in [-0.2, -0.15) is 10.5 Å². The third-order valence-electron chi connectivity index (χ3n) is 9.24. The fraction of sp³-hybridized carbons (Fsp3) is 0. The summed E-state index contributed by atoms with van der Waals surface area (Å²) in [7, 11) is 0. The highest BCUT2D eigenvalue weighted by molar-refractivity contribution is 6.17. The van der Waals surface area contributed by atoms with Crippen molar-refractivity contribution in [1.29, 1.82) is 10.5 Å². The Hall–Kier alpha value is -6.88. The molecule has 0 amide bonds. The molecule has 2 heterocycles. The number of furan rings is 1. The lowest BCUT2D eigenvalue weighted by atomic mass is 9.93. The Labute approximate surface area is 276 Å². The van der Waals surface area contributed by atoms with Crippen LogP contribution in [0.5, 0.6) is 0 Å². The van der Waals surface area contributed by atoms with Crippen molar-refractivity contribution in [2.24, 2.45) is 0 Å². The standard InChI is InChI=1S/C44H25N3O/c45-26-28-13-15-30(16-14-28)33-21-29(27-46)22-34(23-33)36-10-6-11-41-44(36)39-25-31(17-19-40(39)47(41)35-7-2-1-3-8-35)32-18-20-43-38(24-32)37-9-4-5-12-42(37)48-43/h1-25H. The molecular weight excluding hydrogens is 587 g/mol. The summed E-state index contributed by atoms with van der Waals surface area (Å²) in [5, 5.41) is 23.8. The number of aromatic nitrogens is 1. The van der Waals surface area contributed by atoms with Gasteiger partial charge in [-0.1, -0.05) is 72.8 Å². The second kappa shape index (κ2) is 10.9. The van der Waals surface area contributed by atoms with Crippen LogP contribution in [-0.4, -0.2) is 4.57 Å². The molecular formula is C44H25N3O. The fourth-order valence-corrected chi connectivity index (χ4v) is 7.00. The molecule has 0 saturated carbocycles. The van der Waals surface area contributed by atoms with Gasteiger partial charge < -0.3 is 8.98 Å². The first-order valence-corrected chi connectivity index (χ1v) is 15.8. The Morgan fingerprint density at radius 2 is 1.12 bits per heavy atom. The lowest BCUT2D eigenvalue weighted by Crippen LogP contribution is -1.93. The summed E-state index contributed by atoms with van der Waals surface area (Å²) >= 11 is 0. The molecule has 9 rings (SSSR count). The van der Waals surface area contributed by atoms with Crippen LogP contribution in [0.1, 0.15) is 11.1 Å². The van der Waals surface area contributed by atoms with Crippen molar-refractivity contribution >= 4 is 43.7 Å². The highest BCUT2D eigenvalue weighted by atomic mass is 16.3. The lowest BCUT2D eigenvalue weighted by molar-refractivity contribution is 0.669. The number of hydrogen-bond donors (Lipinski definition) is 0. The molecule has 4 heteroatoms. The van der Waals surface area contributed by atoms with Gasteiger partial charge in [-0.3, -0.25) is 0 Å². The van der Waals surface area contributed by atoms with E-state index < -0.39 is 0 Å². The average molecular weight is 612 g/mol. The molecule has 0 radical (unpaired) electrons. The van der Waals surface area contributed by atoms with Crippen molar-refractivity contribution < 1.29 is 4.42 Å². The number of rotatable bonds is 4. The molecule has 2 aromatic heterocycles. The molecule has 0 aliphatic rings. The number of para-hydroxylation sites is 2. The van der Waals surface area contributed by atoms with Crippen LogP contribution in [-0.2, 0) is 0 Å². The van der Waals surface area contributed by atoms with Gasteiger partial charge in [0.2, 0.25) is 0 Å². The van der Waals surface area contributed by atoms with E-state index in [2.05, 4.69) is 108 Å². The molecule has 222 valence electrons. The number of fused-ring (bicyclic) bond motifs is 6. The van der Waals surface area contributed by atoms with Gasteiger partial charge in [0.05, 0.1) is 34.3 Å². The van der Waals surface area contributed by atoms with Crippen molar-refractivity contribution in [2.75, 3.05) is 0 Å². The van der Waals surface area contributed by atoms with E-state index in [0.29, 0.717) is 11.1 Å². The molecule has 0 atom stereocenters. The van der Waals surface area contributed by atoms with Crippen LogP contribution < -0.4 is 0 Å². The van der Waals surface area contributed by atoms with Crippen molar-refractivity contribution in [2.45, 2.75) is 0 Å². The Morgan fingerprint density at radius 1 is 0.438 bits per heavy atom. The van der Waals surface area contributed by atoms with E-state index in [4.69, 9.17) is 4.42 Å². The van der Waals surface area contributed by atoms with Gasteiger partial charge in [-0.25, -0.2) is 0 Å². The van der Waals surface area contributed by atoms with E-state index in [1.807, 2.05) is 60.7 Å². The molecule has 0 aliphatic heterocycles. The summed E-state index contributed by atoms with van der Waals surface area (Å²) in [4.78, 5) is 0. The van der Waals surface area contributed by atoms with E-state index in [1.165, 1.54) is 0 Å². The normalized spacial score (nSPS) is 11.3. The summed E-state index contributed by atoms with van der Waals surface area (Å²) in [5.74, 6) is 0. The first kappa shape index (κ1) is 27.4. The minimum absolute atomic E-state index is 0.581. The molecule has 9 aromatic rings. The number of nitrogens with zero attached hydrogens (tertiary/aromatic N) is 3. The van der Waals surface area contributed by atoms with Crippen LogP contribution in [0.3, 0.4) is 0 Å². The predicted molar refractivity (Wildman–Crippen MR) is 194 cm³/mol. The maximum absolute atomic E-state index is 10.1. The largest absolute Gasteiger partial charge is 0.456 e. The third-order valence-corrected chi connectivity index (χ3v) is 9.24. The predicted octanol–water partition coefficient (Wildman–Crippen LogP) is 11.4. The summed E-state index contributed by atoms with van der Waals surface area (Å²) < 4.78 is 8.44. The fourth-order valence-electron chi connectivity index (χ4n) is 7.00. The maximum atomic E-state index is 10.1. The number of nitriles is 2. The lowest BCUT2D eigenvalue weighted by Gasteiger charge is -2.11. The second-order valence-electron chi connectivity index (χ2n) is 12.0. The van der Waals surface area contributed by atoms with Gasteiger partial charge in [0.1, 0.15) is 11.2 Å². The van der Waals surface area contributed by atoms with Crippen LogP contribution in [0.2, 0.25) is 0 Å². The molecule has 0 spiro atoms. The highest BCUT2D eigenvalue weighted by Gasteiger charge is 2.18. The van der Waals surface area contributed by atoms with Crippen molar-refractivity contribution in [3.8, 4) is 51.2 Å². The SMILES string of the molecule is N#Cc1ccc(-c2cc(C#N)cc(-c3cccc4c3c3cc(-c5ccc6oc7ccccc7c6c5)ccc3n4-c3ccccc3)c2)cc1. The molecule has 0 unspecified atom stereocenters. The molecule has 0 aliphatic carbocycles. The molecule has 0 saturated heterocycles. The number of benzene rings is 7. The zero-order valence-electron chi connectivity index (χ0n) is 25.7. The molecule has 7 aromatic carbocycles. The van der Waals surface area contributed by atoms with Crippen LogP contribution >= 0.6 is 0 Å². The van der Waals surface area contributed by atoms with Crippen molar-refractivity contribution in [3.05, 3.63) is 163 Å². The van der Waals surface area contributed by atoms with E-state index in [9.17, 15) is 10.5 Å². The van der Waals surface area contributed by atoms with Gasteiger partial charge in [0.25, 0.3) is 0 Å². The van der Waals surface area contributed by atoms with Gasteiger partial charge in [0.15, 0.2) is 0 Å². The smallest absolute Gasteiger partial charge is 0.135 e. The monoisotopic (exact) mass is 611 g/mol. The molecule has 0 N–H and O–H groups in total. The third kappa shape index (κ3) is 4.36. The molecule has 4 nitrogen and oxygen atoms in total. The first-order chi connectivity index (χ1) is 23.7. The topological polar surface area (TPSA) is 65.7 Å².